The minimum absolute atomic E-state index is 0.330. The first-order chi connectivity index (χ1) is 12.4. The maximum absolute atomic E-state index is 11.1. The summed E-state index contributed by atoms with van der Waals surface area (Å²) in [5.74, 6) is 0.736. The summed E-state index contributed by atoms with van der Waals surface area (Å²) < 4.78 is 24.6. The van der Waals surface area contributed by atoms with Gasteiger partial charge in [0.2, 0.25) is 10.0 Å². The lowest BCUT2D eigenvalue weighted by molar-refractivity contribution is 0.477. The van der Waals surface area contributed by atoms with Gasteiger partial charge in [-0.25, -0.2) is 13.1 Å². The topological polar surface area (TPSA) is 77.0 Å². The molecule has 1 heterocycles. The molecule has 7 nitrogen and oxygen atoms in total. The van der Waals surface area contributed by atoms with Gasteiger partial charge in [-0.2, -0.15) is 0 Å². The Balaban J connectivity index is 1.83. The molecule has 1 aliphatic rings. The van der Waals surface area contributed by atoms with E-state index in [4.69, 9.17) is 0 Å². The number of nitrogens with one attached hydrogen (secondary N) is 2. The quantitative estimate of drug-likeness (QED) is 0.422. The molecule has 0 unspecified atom stereocenters. The fraction of sp³-hybridized carbons (Fsp3) is 0.611. The van der Waals surface area contributed by atoms with E-state index in [2.05, 4.69) is 44.2 Å². The van der Waals surface area contributed by atoms with Crippen LogP contribution in [0.5, 0.6) is 0 Å². The number of piperidine rings is 1. The maximum atomic E-state index is 11.1. The summed E-state index contributed by atoms with van der Waals surface area (Å²) in [7, 11) is 0.536. The number of hydrogen-bond acceptors (Lipinski definition) is 4. The molecule has 0 atom stereocenters. The van der Waals surface area contributed by atoms with Gasteiger partial charge < -0.3 is 15.1 Å². The zero-order chi connectivity index (χ0) is 19.0. The second kappa shape index (κ2) is 9.78. The lowest BCUT2D eigenvalue weighted by Gasteiger charge is -2.29. The number of aliphatic imine (C=N–C) groups is 1. The van der Waals surface area contributed by atoms with E-state index in [1.807, 2.05) is 11.9 Å². The molecule has 2 N–H and O–H groups in total. The van der Waals surface area contributed by atoms with Crippen molar-refractivity contribution in [2.45, 2.75) is 25.8 Å². The van der Waals surface area contributed by atoms with Gasteiger partial charge in [0, 0.05) is 52.5 Å². The highest BCUT2D eigenvalue weighted by molar-refractivity contribution is 7.88. The van der Waals surface area contributed by atoms with Gasteiger partial charge in [0.1, 0.15) is 0 Å². The second-order valence-electron chi connectivity index (χ2n) is 6.71. The molecule has 146 valence electrons. The van der Waals surface area contributed by atoms with E-state index >= 15 is 0 Å². The van der Waals surface area contributed by atoms with Crippen molar-refractivity contribution < 1.29 is 8.42 Å². The third kappa shape index (κ3) is 6.84. The van der Waals surface area contributed by atoms with E-state index in [-0.39, 0.29) is 0 Å². The average molecular weight is 382 g/mol. The highest BCUT2D eigenvalue weighted by Gasteiger charge is 2.11. The van der Waals surface area contributed by atoms with Crippen LogP contribution < -0.4 is 14.9 Å². The Bertz CT molecular complexity index is 682. The summed E-state index contributed by atoms with van der Waals surface area (Å²) >= 11 is 0. The molecule has 0 bridgehead atoms. The van der Waals surface area contributed by atoms with Crippen molar-refractivity contribution in [3.63, 3.8) is 0 Å². The number of guanidine groups is 1. The summed E-state index contributed by atoms with van der Waals surface area (Å²) in [5, 5.41) is 3.17. The van der Waals surface area contributed by atoms with Crippen molar-refractivity contribution >= 4 is 21.7 Å². The van der Waals surface area contributed by atoms with Crippen LogP contribution in [0.3, 0.4) is 0 Å². The summed E-state index contributed by atoms with van der Waals surface area (Å²) in [5.41, 5.74) is 2.51. The van der Waals surface area contributed by atoms with E-state index in [0.29, 0.717) is 13.1 Å². The lowest BCUT2D eigenvalue weighted by Crippen LogP contribution is -2.42. The number of sulfonamides is 1. The SMILES string of the molecule is CN=C(NCCNS(C)(=O)=O)N(C)Cc1ccc(N2CCCCC2)cc1. The third-order valence-electron chi connectivity index (χ3n) is 4.42. The van der Waals surface area contributed by atoms with Gasteiger partial charge in [-0.1, -0.05) is 12.1 Å². The van der Waals surface area contributed by atoms with Crippen LogP contribution in [0.2, 0.25) is 0 Å². The molecule has 0 aliphatic carbocycles. The molecule has 0 aromatic heterocycles. The fourth-order valence-corrected chi connectivity index (χ4v) is 3.58. The zero-order valence-corrected chi connectivity index (χ0v) is 16.8. The van der Waals surface area contributed by atoms with Gasteiger partial charge in [-0.15, -0.1) is 0 Å². The first-order valence-corrected chi connectivity index (χ1v) is 11.0. The standard InChI is InChI=1S/C18H31N5O2S/c1-19-18(20-11-12-21-26(3,24)25)22(2)15-16-7-9-17(10-8-16)23-13-5-4-6-14-23/h7-10,21H,4-6,11-15H2,1-3H3,(H,19,20). The highest BCUT2D eigenvalue weighted by Crippen LogP contribution is 2.20. The predicted molar refractivity (Wildman–Crippen MR) is 108 cm³/mol. The Morgan fingerprint density at radius 1 is 1.15 bits per heavy atom. The number of anilines is 1. The second-order valence-corrected chi connectivity index (χ2v) is 8.54. The molecule has 1 saturated heterocycles. The van der Waals surface area contributed by atoms with Crippen LogP contribution >= 0.6 is 0 Å². The Kier molecular flexibility index (Phi) is 7.71. The van der Waals surface area contributed by atoms with E-state index in [0.717, 1.165) is 31.8 Å². The highest BCUT2D eigenvalue weighted by atomic mass is 32.2. The van der Waals surface area contributed by atoms with Gasteiger partial charge in [0.15, 0.2) is 5.96 Å². The number of hydrogen-bond donors (Lipinski definition) is 2. The molecule has 2 rings (SSSR count). The molecule has 0 amide bonds. The van der Waals surface area contributed by atoms with Crippen LogP contribution in [-0.4, -0.2) is 65.8 Å². The van der Waals surface area contributed by atoms with Crippen molar-refractivity contribution in [1.29, 1.82) is 0 Å². The first kappa shape index (κ1) is 20.5. The molecule has 0 saturated carbocycles. The van der Waals surface area contributed by atoms with Gasteiger partial charge in [-0.3, -0.25) is 4.99 Å². The molecule has 1 fully saturated rings. The van der Waals surface area contributed by atoms with Crippen LogP contribution in [0.1, 0.15) is 24.8 Å². The van der Waals surface area contributed by atoms with Crippen molar-refractivity contribution in [2.75, 3.05) is 51.4 Å². The zero-order valence-electron chi connectivity index (χ0n) is 16.0. The van der Waals surface area contributed by atoms with E-state index < -0.39 is 10.0 Å². The van der Waals surface area contributed by atoms with Crippen LogP contribution in [-0.2, 0) is 16.6 Å². The molecular formula is C18H31N5O2S. The predicted octanol–water partition coefficient (Wildman–Crippen LogP) is 1.23. The number of nitrogens with zero attached hydrogens (tertiary/aromatic N) is 3. The number of rotatable bonds is 7. The number of benzene rings is 1. The Hall–Kier alpha value is -1.80. The minimum Gasteiger partial charge on any atom is -0.372 e. The Morgan fingerprint density at radius 2 is 1.81 bits per heavy atom. The van der Waals surface area contributed by atoms with E-state index in [1.165, 1.54) is 30.5 Å². The molecule has 8 heteroatoms. The van der Waals surface area contributed by atoms with E-state index in [9.17, 15) is 8.42 Å². The van der Waals surface area contributed by atoms with Gasteiger partial charge >= 0.3 is 0 Å². The van der Waals surface area contributed by atoms with Crippen LogP contribution in [0, 0.1) is 0 Å². The molecule has 1 aromatic rings. The molecule has 1 aromatic carbocycles. The van der Waals surface area contributed by atoms with E-state index in [1.54, 1.807) is 7.05 Å². The minimum atomic E-state index is -3.16. The van der Waals surface area contributed by atoms with Crippen LogP contribution in [0.25, 0.3) is 0 Å². The fourth-order valence-electron chi connectivity index (χ4n) is 3.11. The molecule has 1 aliphatic heterocycles. The normalized spacial score (nSPS) is 15.8. The summed E-state index contributed by atoms with van der Waals surface area (Å²) in [6.45, 7) is 3.85. The van der Waals surface area contributed by atoms with Gasteiger partial charge in [0.25, 0.3) is 0 Å². The molecule has 0 spiro atoms. The largest absolute Gasteiger partial charge is 0.372 e. The monoisotopic (exact) mass is 381 g/mol. The van der Waals surface area contributed by atoms with Crippen molar-refractivity contribution in [2.24, 2.45) is 4.99 Å². The summed E-state index contributed by atoms with van der Waals surface area (Å²) in [6, 6.07) is 8.72. The molecular weight excluding hydrogens is 350 g/mol. The lowest BCUT2D eigenvalue weighted by atomic mass is 10.1. The van der Waals surface area contributed by atoms with Gasteiger partial charge in [-0.05, 0) is 37.0 Å². The first-order valence-electron chi connectivity index (χ1n) is 9.09. The summed E-state index contributed by atoms with van der Waals surface area (Å²) in [6.07, 6.45) is 5.05. The average Bonchev–Trinajstić information content (AvgIpc) is 2.62. The van der Waals surface area contributed by atoms with Gasteiger partial charge in [0.05, 0.1) is 6.26 Å². The van der Waals surface area contributed by atoms with Crippen molar-refractivity contribution in [1.82, 2.24) is 14.9 Å². The molecule has 0 radical (unpaired) electrons. The van der Waals surface area contributed by atoms with Crippen LogP contribution in [0.4, 0.5) is 5.69 Å². The van der Waals surface area contributed by atoms with Crippen molar-refractivity contribution in [3.8, 4) is 0 Å². The Morgan fingerprint density at radius 3 is 2.38 bits per heavy atom. The van der Waals surface area contributed by atoms with Crippen molar-refractivity contribution in [3.05, 3.63) is 29.8 Å². The molecule has 26 heavy (non-hydrogen) atoms. The van der Waals surface area contributed by atoms with Crippen LogP contribution in [0.15, 0.2) is 29.3 Å². The Labute approximate surface area is 157 Å². The maximum Gasteiger partial charge on any atom is 0.208 e. The smallest absolute Gasteiger partial charge is 0.208 e. The summed E-state index contributed by atoms with van der Waals surface area (Å²) in [4.78, 5) is 8.73. The third-order valence-corrected chi connectivity index (χ3v) is 5.15.